The zero-order chi connectivity index (χ0) is 11.0. The third kappa shape index (κ3) is 5.85. The highest BCUT2D eigenvalue weighted by Crippen LogP contribution is 2.10. The number of rotatable bonds is 6. The summed E-state index contributed by atoms with van der Waals surface area (Å²) in [4.78, 5) is 0. The minimum absolute atomic E-state index is 0.725. The first-order valence-corrected chi connectivity index (χ1v) is 5.62. The van der Waals surface area contributed by atoms with E-state index in [1.807, 2.05) is 7.05 Å². The van der Waals surface area contributed by atoms with Crippen LogP contribution in [0.2, 0.25) is 0 Å². The summed E-state index contributed by atoms with van der Waals surface area (Å²) >= 11 is 0. The normalized spacial score (nSPS) is 15.5. The second-order valence-corrected chi connectivity index (χ2v) is 4.05. The van der Waals surface area contributed by atoms with E-state index in [9.17, 15) is 0 Å². The van der Waals surface area contributed by atoms with Crippen molar-refractivity contribution >= 4 is 0 Å². The molecule has 1 N–H and O–H groups in total. The summed E-state index contributed by atoms with van der Waals surface area (Å²) in [6.07, 6.45) is 8.26. The fourth-order valence-corrected chi connectivity index (χ4v) is 1.40. The molecule has 1 unspecified atom stereocenters. The lowest BCUT2D eigenvalue weighted by atomic mass is 10.0. The van der Waals surface area contributed by atoms with Crippen molar-refractivity contribution in [2.24, 2.45) is 5.92 Å². The summed E-state index contributed by atoms with van der Waals surface area (Å²) in [6, 6.07) is 0. The summed E-state index contributed by atoms with van der Waals surface area (Å²) in [5.74, 6) is 0.725. The first-order valence-electron chi connectivity index (χ1n) is 5.62. The lowest BCUT2D eigenvalue weighted by Gasteiger charge is -2.05. The molecular weight excluding hydrogens is 170 g/mol. The molecule has 0 aromatic heterocycles. The zero-order valence-electron chi connectivity index (χ0n) is 10.4. The SMILES string of the molecule is CCCC(C)/C=C\C/C(C)=C(\C)NC. The van der Waals surface area contributed by atoms with Gasteiger partial charge in [-0.15, -0.1) is 0 Å². The maximum absolute atomic E-state index is 3.17. The molecule has 0 amide bonds. The van der Waals surface area contributed by atoms with Gasteiger partial charge in [-0.05, 0) is 32.6 Å². The highest BCUT2D eigenvalue weighted by Gasteiger charge is 1.95. The topological polar surface area (TPSA) is 12.0 Å². The molecule has 0 heterocycles. The van der Waals surface area contributed by atoms with Gasteiger partial charge in [0.15, 0.2) is 0 Å². The Bertz CT molecular complexity index is 201. The Labute approximate surface area is 89.3 Å². The number of hydrogen-bond donors (Lipinski definition) is 1. The van der Waals surface area contributed by atoms with Crippen LogP contribution in [0.25, 0.3) is 0 Å². The number of nitrogens with one attached hydrogen (secondary N) is 1. The molecule has 0 aliphatic heterocycles. The Morgan fingerprint density at radius 3 is 2.50 bits per heavy atom. The van der Waals surface area contributed by atoms with E-state index >= 15 is 0 Å². The van der Waals surface area contributed by atoms with Crippen LogP contribution >= 0.6 is 0 Å². The van der Waals surface area contributed by atoms with Crippen molar-refractivity contribution in [1.29, 1.82) is 0 Å². The maximum atomic E-state index is 3.17. The van der Waals surface area contributed by atoms with E-state index < -0.39 is 0 Å². The lowest BCUT2D eigenvalue weighted by molar-refractivity contribution is 0.632. The van der Waals surface area contributed by atoms with Gasteiger partial charge in [-0.1, -0.05) is 38.0 Å². The van der Waals surface area contributed by atoms with Gasteiger partial charge in [0.25, 0.3) is 0 Å². The van der Waals surface area contributed by atoms with Gasteiger partial charge in [0.2, 0.25) is 0 Å². The van der Waals surface area contributed by atoms with Gasteiger partial charge in [0.1, 0.15) is 0 Å². The summed E-state index contributed by atoms with van der Waals surface area (Å²) < 4.78 is 0. The monoisotopic (exact) mass is 195 g/mol. The molecule has 1 heteroatoms. The zero-order valence-corrected chi connectivity index (χ0v) is 10.4. The third-order valence-electron chi connectivity index (χ3n) is 2.65. The summed E-state index contributed by atoms with van der Waals surface area (Å²) in [6.45, 7) is 8.82. The molecule has 0 rings (SSSR count). The molecule has 1 nitrogen and oxygen atoms in total. The van der Waals surface area contributed by atoms with Gasteiger partial charge >= 0.3 is 0 Å². The minimum atomic E-state index is 0.725. The van der Waals surface area contributed by atoms with E-state index in [-0.39, 0.29) is 0 Å². The first-order chi connectivity index (χ1) is 6.61. The fourth-order valence-electron chi connectivity index (χ4n) is 1.40. The van der Waals surface area contributed by atoms with E-state index in [1.165, 1.54) is 24.1 Å². The van der Waals surface area contributed by atoms with E-state index in [4.69, 9.17) is 0 Å². The van der Waals surface area contributed by atoms with Gasteiger partial charge < -0.3 is 5.32 Å². The Morgan fingerprint density at radius 2 is 2.00 bits per heavy atom. The molecule has 1 atom stereocenters. The summed E-state index contributed by atoms with van der Waals surface area (Å²) in [5.41, 5.74) is 2.71. The molecule has 0 aliphatic rings. The van der Waals surface area contributed by atoms with Crippen LogP contribution in [0.4, 0.5) is 0 Å². The molecule has 0 radical (unpaired) electrons. The summed E-state index contributed by atoms with van der Waals surface area (Å²) in [5, 5.41) is 3.17. The van der Waals surface area contributed by atoms with Crippen LogP contribution in [0, 0.1) is 5.92 Å². The third-order valence-corrected chi connectivity index (χ3v) is 2.65. The van der Waals surface area contributed by atoms with E-state index in [2.05, 4.69) is 45.2 Å². The fraction of sp³-hybridized carbons (Fsp3) is 0.692. The highest BCUT2D eigenvalue weighted by molar-refractivity contribution is 5.11. The number of allylic oxidation sites excluding steroid dienone is 4. The van der Waals surface area contributed by atoms with Crippen molar-refractivity contribution in [3.05, 3.63) is 23.4 Å². The van der Waals surface area contributed by atoms with Crippen molar-refractivity contribution in [2.75, 3.05) is 7.05 Å². The molecule has 82 valence electrons. The van der Waals surface area contributed by atoms with Crippen LogP contribution in [0.1, 0.15) is 47.0 Å². The van der Waals surface area contributed by atoms with Crippen LogP contribution in [-0.2, 0) is 0 Å². The van der Waals surface area contributed by atoms with Crippen LogP contribution in [0.5, 0.6) is 0 Å². The van der Waals surface area contributed by atoms with Gasteiger partial charge in [-0.2, -0.15) is 0 Å². The first kappa shape index (κ1) is 13.3. The average Bonchev–Trinajstić information content (AvgIpc) is 2.16. The molecule has 0 aromatic rings. The van der Waals surface area contributed by atoms with E-state index in [1.54, 1.807) is 0 Å². The molecule has 0 aliphatic carbocycles. The molecule has 0 fully saturated rings. The molecular formula is C13H25N. The second-order valence-electron chi connectivity index (χ2n) is 4.05. The predicted octanol–water partition coefficient (Wildman–Crippen LogP) is 3.88. The van der Waals surface area contributed by atoms with Crippen LogP contribution in [0.15, 0.2) is 23.4 Å². The smallest absolute Gasteiger partial charge is 0.00646 e. The van der Waals surface area contributed by atoms with E-state index in [0.29, 0.717) is 0 Å². The molecule has 0 bridgehead atoms. The van der Waals surface area contributed by atoms with Gasteiger partial charge in [0.05, 0.1) is 0 Å². The van der Waals surface area contributed by atoms with Crippen LogP contribution in [0.3, 0.4) is 0 Å². The molecule has 0 spiro atoms. The average molecular weight is 195 g/mol. The van der Waals surface area contributed by atoms with Crippen molar-refractivity contribution in [1.82, 2.24) is 5.32 Å². The largest absolute Gasteiger partial charge is 0.392 e. The Hall–Kier alpha value is -0.720. The van der Waals surface area contributed by atoms with Gasteiger partial charge in [-0.3, -0.25) is 0 Å². The quantitative estimate of drug-likeness (QED) is 0.634. The predicted molar refractivity (Wildman–Crippen MR) is 65.3 cm³/mol. The Kier molecular flexibility index (Phi) is 7.27. The van der Waals surface area contributed by atoms with Crippen molar-refractivity contribution < 1.29 is 0 Å². The minimum Gasteiger partial charge on any atom is -0.392 e. The highest BCUT2D eigenvalue weighted by atomic mass is 14.8. The standard InChI is InChI=1S/C13H25N/c1-6-8-11(2)9-7-10-12(3)13(4)14-5/h7,9,11,14H,6,8,10H2,1-5H3/b9-7-,13-12+. The Balaban J connectivity index is 3.93. The summed E-state index contributed by atoms with van der Waals surface area (Å²) in [7, 11) is 1.97. The Morgan fingerprint density at radius 1 is 1.36 bits per heavy atom. The van der Waals surface area contributed by atoms with Crippen molar-refractivity contribution in [3.8, 4) is 0 Å². The second kappa shape index (κ2) is 7.66. The van der Waals surface area contributed by atoms with Crippen LogP contribution in [-0.4, -0.2) is 7.05 Å². The van der Waals surface area contributed by atoms with Crippen molar-refractivity contribution in [2.45, 2.75) is 47.0 Å². The molecule has 0 saturated heterocycles. The molecule has 14 heavy (non-hydrogen) atoms. The van der Waals surface area contributed by atoms with Gasteiger partial charge in [0, 0.05) is 12.7 Å². The van der Waals surface area contributed by atoms with Crippen molar-refractivity contribution in [3.63, 3.8) is 0 Å². The maximum Gasteiger partial charge on any atom is 0.00646 e. The molecule has 0 aromatic carbocycles. The lowest BCUT2D eigenvalue weighted by Crippen LogP contribution is -2.03. The molecule has 0 saturated carbocycles. The number of hydrogen-bond acceptors (Lipinski definition) is 1. The van der Waals surface area contributed by atoms with Crippen LogP contribution < -0.4 is 5.32 Å². The van der Waals surface area contributed by atoms with E-state index in [0.717, 1.165) is 12.3 Å². The van der Waals surface area contributed by atoms with Gasteiger partial charge in [-0.25, -0.2) is 0 Å².